The summed E-state index contributed by atoms with van der Waals surface area (Å²) in [6, 6.07) is 4.98. The summed E-state index contributed by atoms with van der Waals surface area (Å²) in [5.41, 5.74) is 6.94. The van der Waals surface area contributed by atoms with Crippen LogP contribution in [-0.2, 0) is 10.3 Å². The van der Waals surface area contributed by atoms with Gasteiger partial charge in [-0.15, -0.1) is 0 Å². The highest BCUT2D eigenvalue weighted by atomic mass is 19.1. The van der Waals surface area contributed by atoms with Gasteiger partial charge in [-0.05, 0) is 19.4 Å². The smallest absolute Gasteiger partial charge is 0.128 e. The van der Waals surface area contributed by atoms with Crippen LogP contribution in [0.2, 0.25) is 0 Å². The number of methoxy groups -OCH3 is 1. The van der Waals surface area contributed by atoms with E-state index in [-0.39, 0.29) is 5.82 Å². The van der Waals surface area contributed by atoms with Crippen LogP contribution in [0.1, 0.15) is 24.5 Å². The number of halogens is 1. The molecular weight excluding hydrogens is 193 g/mol. The van der Waals surface area contributed by atoms with Crippen molar-refractivity contribution in [3.8, 4) is 0 Å². The van der Waals surface area contributed by atoms with E-state index < -0.39 is 5.54 Å². The fourth-order valence-corrected chi connectivity index (χ4v) is 1.65. The van der Waals surface area contributed by atoms with Gasteiger partial charge in [0.25, 0.3) is 0 Å². The molecule has 3 heteroatoms. The molecule has 1 atom stereocenters. The van der Waals surface area contributed by atoms with E-state index in [1.165, 1.54) is 6.07 Å². The van der Waals surface area contributed by atoms with Crippen LogP contribution in [0.5, 0.6) is 0 Å². The summed E-state index contributed by atoms with van der Waals surface area (Å²) in [6.07, 6.45) is 0.640. The number of ether oxygens (including phenoxy) is 1. The van der Waals surface area contributed by atoms with Gasteiger partial charge >= 0.3 is 0 Å². The maximum atomic E-state index is 13.6. The van der Waals surface area contributed by atoms with E-state index >= 15 is 0 Å². The lowest BCUT2D eigenvalue weighted by Crippen LogP contribution is -2.41. The third kappa shape index (κ3) is 2.55. The maximum absolute atomic E-state index is 13.6. The summed E-state index contributed by atoms with van der Waals surface area (Å²) in [5, 5.41) is 0. The zero-order chi connectivity index (χ0) is 11.5. The first kappa shape index (κ1) is 12.1. The minimum Gasteiger partial charge on any atom is -0.382 e. The normalized spacial score (nSPS) is 15.0. The van der Waals surface area contributed by atoms with Crippen LogP contribution in [0, 0.1) is 12.7 Å². The van der Waals surface area contributed by atoms with Crippen molar-refractivity contribution in [1.82, 2.24) is 0 Å². The molecule has 0 aliphatic rings. The largest absolute Gasteiger partial charge is 0.382 e. The van der Waals surface area contributed by atoms with E-state index in [1.807, 2.05) is 13.8 Å². The summed E-state index contributed by atoms with van der Waals surface area (Å²) in [5.74, 6) is -0.262. The quantitative estimate of drug-likeness (QED) is 0.829. The molecule has 1 unspecified atom stereocenters. The standard InChI is InChI=1S/C12H18FNO/c1-4-12(14,8-15-3)10-7-9(2)5-6-11(10)13/h5-7H,4,8,14H2,1-3H3. The summed E-state index contributed by atoms with van der Waals surface area (Å²) < 4.78 is 18.7. The Bertz CT molecular complexity index is 340. The van der Waals surface area contributed by atoms with Crippen molar-refractivity contribution in [2.24, 2.45) is 5.73 Å². The number of benzene rings is 1. The monoisotopic (exact) mass is 211 g/mol. The molecule has 0 amide bonds. The molecule has 0 radical (unpaired) electrons. The van der Waals surface area contributed by atoms with Crippen molar-refractivity contribution in [3.63, 3.8) is 0 Å². The zero-order valence-corrected chi connectivity index (χ0v) is 9.51. The molecule has 2 N–H and O–H groups in total. The summed E-state index contributed by atoms with van der Waals surface area (Å²) in [7, 11) is 1.57. The van der Waals surface area contributed by atoms with Gasteiger partial charge in [0.15, 0.2) is 0 Å². The van der Waals surface area contributed by atoms with Gasteiger partial charge in [0.2, 0.25) is 0 Å². The SMILES string of the molecule is CCC(N)(COC)c1cc(C)ccc1F. The van der Waals surface area contributed by atoms with Crippen molar-refractivity contribution in [2.75, 3.05) is 13.7 Å². The molecule has 1 rings (SSSR count). The topological polar surface area (TPSA) is 35.2 Å². The van der Waals surface area contributed by atoms with Gasteiger partial charge < -0.3 is 10.5 Å². The lowest BCUT2D eigenvalue weighted by atomic mass is 9.88. The van der Waals surface area contributed by atoms with Crippen molar-refractivity contribution in [2.45, 2.75) is 25.8 Å². The van der Waals surface area contributed by atoms with E-state index in [1.54, 1.807) is 19.2 Å². The number of rotatable bonds is 4. The van der Waals surface area contributed by atoms with Gasteiger partial charge in [-0.2, -0.15) is 0 Å². The minimum atomic E-state index is -0.731. The van der Waals surface area contributed by atoms with Gasteiger partial charge in [-0.25, -0.2) is 4.39 Å². The molecule has 0 bridgehead atoms. The first-order chi connectivity index (χ1) is 7.03. The predicted molar refractivity (Wildman–Crippen MR) is 59.2 cm³/mol. The molecule has 0 spiro atoms. The van der Waals surface area contributed by atoms with Gasteiger partial charge in [0, 0.05) is 12.7 Å². The Morgan fingerprint density at radius 3 is 2.67 bits per heavy atom. The molecule has 0 heterocycles. The second-order valence-electron chi connectivity index (χ2n) is 3.93. The molecule has 0 saturated heterocycles. The van der Waals surface area contributed by atoms with Crippen molar-refractivity contribution >= 4 is 0 Å². The molecule has 84 valence electrons. The zero-order valence-electron chi connectivity index (χ0n) is 9.51. The van der Waals surface area contributed by atoms with Gasteiger partial charge in [-0.1, -0.05) is 24.6 Å². The highest BCUT2D eigenvalue weighted by Crippen LogP contribution is 2.25. The molecule has 0 aliphatic heterocycles. The number of aryl methyl sites for hydroxylation is 1. The van der Waals surface area contributed by atoms with Gasteiger partial charge in [0.1, 0.15) is 5.82 Å². The third-order valence-corrected chi connectivity index (χ3v) is 2.69. The minimum absolute atomic E-state index is 0.262. The molecule has 15 heavy (non-hydrogen) atoms. The second kappa shape index (κ2) is 4.73. The molecule has 1 aromatic rings. The number of hydrogen-bond donors (Lipinski definition) is 1. The number of hydrogen-bond acceptors (Lipinski definition) is 2. The first-order valence-corrected chi connectivity index (χ1v) is 5.08. The maximum Gasteiger partial charge on any atom is 0.128 e. The molecule has 2 nitrogen and oxygen atoms in total. The van der Waals surface area contributed by atoms with E-state index in [0.29, 0.717) is 18.6 Å². The first-order valence-electron chi connectivity index (χ1n) is 5.08. The van der Waals surface area contributed by atoms with Crippen LogP contribution in [0.25, 0.3) is 0 Å². The molecule has 0 aromatic heterocycles. The third-order valence-electron chi connectivity index (χ3n) is 2.69. The second-order valence-corrected chi connectivity index (χ2v) is 3.93. The molecule has 0 saturated carbocycles. The molecule has 0 aliphatic carbocycles. The summed E-state index contributed by atoms with van der Waals surface area (Å²) >= 11 is 0. The predicted octanol–water partition coefficient (Wildman–Crippen LogP) is 2.34. The van der Waals surface area contributed by atoms with Crippen molar-refractivity contribution in [1.29, 1.82) is 0 Å². The lowest BCUT2D eigenvalue weighted by Gasteiger charge is -2.28. The highest BCUT2D eigenvalue weighted by molar-refractivity contribution is 5.30. The lowest BCUT2D eigenvalue weighted by molar-refractivity contribution is 0.127. The van der Waals surface area contributed by atoms with Crippen LogP contribution >= 0.6 is 0 Å². The van der Waals surface area contributed by atoms with Crippen LogP contribution in [0.15, 0.2) is 18.2 Å². The average molecular weight is 211 g/mol. The van der Waals surface area contributed by atoms with E-state index in [0.717, 1.165) is 5.56 Å². The van der Waals surface area contributed by atoms with Gasteiger partial charge in [-0.3, -0.25) is 0 Å². The van der Waals surface area contributed by atoms with Crippen LogP contribution in [0.4, 0.5) is 4.39 Å². The Hall–Kier alpha value is -0.930. The highest BCUT2D eigenvalue weighted by Gasteiger charge is 2.28. The fourth-order valence-electron chi connectivity index (χ4n) is 1.65. The Balaban J connectivity index is 3.16. The molecule has 0 fully saturated rings. The fraction of sp³-hybridized carbons (Fsp3) is 0.500. The Labute approximate surface area is 90.2 Å². The average Bonchev–Trinajstić information content (AvgIpc) is 2.22. The van der Waals surface area contributed by atoms with Crippen LogP contribution in [-0.4, -0.2) is 13.7 Å². The summed E-state index contributed by atoms with van der Waals surface area (Å²) in [6.45, 7) is 4.18. The van der Waals surface area contributed by atoms with E-state index in [9.17, 15) is 4.39 Å². The van der Waals surface area contributed by atoms with Crippen molar-refractivity contribution < 1.29 is 9.13 Å². The Morgan fingerprint density at radius 1 is 1.47 bits per heavy atom. The molecular formula is C12H18FNO. The number of nitrogens with two attached hydrogens (primary N) is 1. The Morgan fingerprint density at radius 2 is 2.13 bits per heavy atom. The van der Waals surface area contributed by atoms with Crippen LogP contribution in [0.3, 0.4) is 0 Å². The van der Waals surface area contributed by atoms with Crippen molar-refractivity contribution in [3.05, 3.63) is 35.1 Å². The summed E-state index contributed by atoms with van der Waals surface area (Å²) in [4.78, 5) is 0. The molecule has 1 aromatic carbocycles. The van der Waals surface area contributed by atoms with Crippen LogP contribution < -0.4 is 5.73 Å². The van der Waals surface area contributed by atoms with E-state index in [2.05, 4.69) is 0 Å². The Kier molecular flexibility index (Phi) is 3.83. The van der Waals surface area contributed by atoms with Gasteiger partial charge in [0.05, 0.1) is 12.1 Å². The van der Waals surface area contributed by atoms with E-state index in [4.69, 9.17) is 10.5 Å².